The molecule has 166 valence electrons. The van der Waals surface area contributed by atoms with Crippen LogP contribution in [-0.2, 0) is 9.59 Å². The van der Waals surface area contributed by atoms with Crippen molar-refractivity contribution in [2.75, 3.05) is 29.9 Å². The van der Waals surface area contributed by atoms with E-state index >= 15 is 0 Å². The summed E-state index contributed by atoms with van der Waals surface area (Å²) in [5.41, 5.74) is 2.30. The van der Waals surface area contributed by atoms with Gasteiger partial charge in [-0.2, -0.15) is 0 Å². The first kappa shape index (κ1) is 21.8. The summed E-state index contributed by atoms with van der Waals surface area (Å²) in [4.78, 5) is 40.1. The molecular weight excluding hydrogens is 435 g/mol. The zero-order valence-electron chi connectivity index (χ0n) is 17.5. The average Bonchev–Trinajstić information content (AvgIpc) is 3.37. The number of amides is 4. The number of benzene rings is 2. The lowest BCUT2D eigenvalue weighted by Gasteiger charge is -2.19. The van der Waals surface area contributed by atoms with Gasteiger partial charge in [0.15, 0.2) is 0 Å². The van der Waals surface area contributed by atoms with Crippen LogP contribution in [-0.4, -0.2) is 42.4 Å². The molecule has 2 fully saturated rings. The molecule has 0 saturated carbocycles. The fourth-order valence-corrected chi connectivity index (χ4v) is 3.91. The SMILES string of the molecule is Cc1cc(N2CCCC2)c(F)cc1/C=C1\NC(=O)N(CC(=O)Nc2ccc(Cl)cc2)C1=O. The number of halogens is 2. The van der Waals surface area contributed by atoms with Crippen LogP contribution in [0.5, 0.6) is 0 Å². The van der Waals surface area contributed by atoms with Crippen molar-refractivity contribution in [3.8, 4) is 0 Å². The number of nitrogens with zero attached hydrogens (tertiary/aromatic N) is 2. The second kappa shape index (κ2) is 9.00. The van der Waals surface area contributed by atoms with Crippen molar-refractivity contribution in [2.45, 2.75) is 19.8 Å². The Morgan fingerprint density at radius 1 is 1.19 bits per heavy atom. The van der Waals surface area contributed by atoms with E-state index in [9.17, 15) is 18.8 Å². The molecule has 32 heavy (non-hydrogen) atoms. The summed E-state index contributed by atoms with van der Waals surface area (Å²) in [5, 5.41) is 5.59. The van der Waals surface area contributed by atoms with E-state index in [1.807, 2.05) is 11.8 Å². The van der Waals surface area contributed by atoms with Crippen molar-refractivity contribution in [3.05, 3.63) is 64.1 Å². The van der Waals surface area contributed by atoms with E-state index in [0.717, 1.165) is 36.4 Å². The number of imide groups is 1. The molecule has 2 aromatic carbocycles. The maximum Gasteiger partial charge on any atom is 0.329 e. The molecule has 0 radical (unpaired) electrons. The van der Waals surface area contributed by atoms with Gasteiger partial charge in [0, 0.05) is 23.8 Å². The van der Waals surface area contributed by atoms with Crippen molar-refractivity contribution < 1.29 is 18.8 Å². The molecule has 2 aromatic rings. The maximum atomic E-state index is 14.7. The summed E-state index contributed by atoms with van der Waals surface area (Å²) in [6, 6.07) is 8.86. The van der Waals surface area contributed by atoms with Crippen LogP contribution < -0.4 is 15.5 Å². The van der Waals surface area contributed by atoms with Crippen molar-refractivity contribution >= 4 is 46.9 Å². The van der Waals surface area contributed by atoms with Crippen molar-refractivity contribution in [1.82, 2.24) is 10.2 Å². The van der Waals surface area contributed by atoms with E-state index < -0.39 is 24.4 Å². The standard InChI is InChI=1S/C23H22ClFN4O3/c1-14-10-20(28-8-2-3-9-28)18(25)11-15(14)12-19-22(31)29(23(32)27-19)13-21(30)26-17-6-4-16(24)5-7-17/h4-7,10-12H,2-3,8-9,13H2,1H3,(H,26,30)(H,27,32)/b19-12-. The van der Waals surface area contributed by atoms with Gasteiger partial charge in [-0.3, -0.25) is 9.59 Å². The predicted molar refractivity (Wildman–Crippen MR) is 121 cm³/mol. The lowest BCUT2D eigenvalue weighted by Crippen LogP contribution is -2.38. The summed E-state index contributed by atoms with van der Waals surface area (Å²) in [5.74, 6) is -1.56. The highest BCUT2D eigenvalue weighted by Crippen LogP contribution is 2.28. The van der Waals surface area contributed by atoms with Crippen LogP contribution in [0.2, 0.25) is 5.02 Å². The molecule has 4 rings (SSSR count). The largest absolute Gasteiger partial charge is 0.369 e. The first-order chi connectivity index (χ1) is 15.3. The molecule has 7 nitrogen and oxygen atoms in total. The predicted octanol–water partition coefficient (Wildman–Crippen LogP) is 3.92. The lowest BCUT2D eigenvalue weighted by atomic mass is 10.1. The Morgan fingerprint density at radius 2 is 1.88 bits per heavy atom. The maximum absolute atomic E-state index is 14.7. The van der Waals surface area contributed by atoms with Crippen molar-refractivity contribution in [2.24, 2.45) is 0 Å². The number of urea groups is 1. The number of anilines is 2. The zero-order valence-corrected chi connectivity index (χ0v) is 18.2. The molecule has 9 heteroatoms. The van der Waals surface area contributed by atoms with Crippen LogP contribution in [0.25, 0.3) is 6.08 Å². The van der Waals surface area contributed by atoms with E-state index in [2.05, 4.69) is 10.6 Å². The first-order valence-corrected chi connectivity index (χ1v) is 10.6. The fraction of sp³-hybridized carbons (Fsp3) is 0.261. The number of carbonyl (C=O) groups is 3. The monoisotopic (exact) mass is 456 g/mol. The minimum Gasteiger partial charge on any atom is -0.369 e. The Morgan fingerprint density at radius 3 is 2.56 bits per heavy atom. The Bertz CT molecular complexity index is 1110. The normalized spacial score (nSPS) is 17.3. The highest BCUT2D eigenvalue weighted by atomic mass is 35.5. The second-order valence-electron chi connectivity index (χ2n) is 7.79. The molecule has 0 unspecified atom stereocenters. The molecular formula is C23H22ClFN4O3. The summed E-state index contributed by atoms with van der Waals surface area (Å²) < 4.78 is 14.7. The van der Waals surface area contributed by atoms with Crippen LogP contribution in [0.4, 0.5) is 20.6 Å². The molecule has 2 aliphatic rings. The van der Waals surface area contributed by atoms with E-state index in [0.29, 0.717) is 22.0 Å². The van der Waals surface area contributed by atoms with Gasteiger partial charge in [-0.25, -0.2) is 14.1 Å². The number of nitrogens with one attached hydrogen (secondary N) is 2. The van der Waals surface area contributed by atoms with E-state index in [1.54, 1.807) is 30.3 Å². The molecule has 2 saturated heterocycles. The third-order valence-corrected chi connectivity index (χ3v) is 5.73. The minimum atomic E-state index is -0.709. The molecule has 4 amide bonds. The second-order valence-corrected chi connectivity index (χ2v) is 8.23. The Balaban J connectivity index is 1.47. The summed E-state index contributed by atoms with van der Waals surface area (Å²) in [6.45, 7) is 3.01. The quantitative estimate of drug-likeness (QED) is 0.528. The Kier molecular flexibility index (Phi) is 6.14. The van der Waals surface area contributed by atoms with Crippen LogP contribution in [0, 0.1) is 12.7 Å². The summed E-state index contributed by atoms with van der Waals surface area (Å²) in [6.07, 6.45) is 3.50. The smallest absolute Gasteiger partial charge is 0.329 e. The van der Waals surface area contributed by atoms with E-state index in [4.69, 9.17) is 11.6 Å². The molecule has 2 aliphatic heterocycles. The van der Waals surface area contributed by atoms with Gasteiger partial charge in [-0.05, 0) is 73.4 Å². The van der Waals surface area contributed by atoms with Crippen molar-refractivity contribution in [1.29, 1.82) is 0 Å². The third-order valence-electron chi connectivity index (χ3n) is 5.47. The highest BCUT2D eigenvalue weighted by Gasteiger charge is 2.35. The van der Waals surface area contributed by atoms with Gasteiger partial charge in [0.25, 0.3) is 5.91 Å². The minimum absolute atomic E-state index is 0.00860. The lowest BCUT2D eigenvalue weighted by molar-refractivity contribution is -0.127. The summed E-state index contributed by atoms with van der Waals surface area (Å²) in [7, 11) is 0. The van der Waals surface area contributed by atoms with Gasteiger partial charge in [0.2, 0.25) is 5.91 Å². The van der Waals surface area contributed by atoms with Gasteiger partial charge in [-0.1, -0.05) is 11.6 Å². The highest BCUT2D eigenvalue weighted by molar-refractivity contribution is 6.30. The number of hydrogen-bond donors (Lipinski definition) is 2. The van der Waals surface area contributed by atoms with E-state index in [-0.39, 0.29) is 11.5 Å². The Labute approximate surface area is 189 Å². The molecule has 0 spiro atoms. The topological polar surface area (TPSA) is 81.8 Å². The third kappa shape index (κ3) is 4.60. The van der Waals surface area contributed by atoms with Crippen LogP contribution >= 0.6 is 11.6 Å². The Hall–Kier alpha value is -3.39. The molecule has 0 aromatic heterocycles. The summed E-state index contributed by atoms with van der Waals surface area (Å²) >= 11 is 5.82. The zero-order chi connectivity index (χ0) is 22.8. The number of aryl methyl sites for hydroxylation is 1. The van der Waals surface area contributed by atoms with Crippen LogP contribution in [0.1, 0.15) is 24.0 Å². The molecule has 0 atom stereocenters. The number of rotatable bonds is 5. The van der Waals surface area contributed by atoms with Gasteiger partial charge >= 0.3 is 6.03 Å². The molecule has 2 heterocycles. The van der Waals surface area contributed by atoms with Crippen LogP contribution in [0.15, 0.2) is 42.1 Å². The molecule has 0 bridgehead atoms. The first-order valence-electron chi connectivity index (χ1n) is 10.3. The van der Waals surface area contributed by atoms with Crippen molar-refractivity contribution in [3.63, 3.8) is 0 Å². The molecule has 0 aliphatic carbocycles. The molecule has 2 N–H and O–H groups in total. The number of carbonyl (C=O) groups excluding carboxylic acids is 3. The van der Waals surface area contributed by atoms with Gasteiger partial charge in [0.1, 0.15) is 18.1 Å². The average molecular weight is 457 g/mol. The van der Waals surface area contributed by atoms with Gasteiger partial charge in [0.05, 0.1) is 5.69 Å². The van der Waals surface area contributed by atoms with Gasteiger partial charge in [-0.15, -0.1) is 0 Å². The van der Waals surface area contributed by atoms with E-state index in [1.165, 1.54) is 12.1 Å². The van der Waals surface area contributed by atoms with Gasteiger partial charge < -0.3 is 15.5 Å². The van der Waals surface area contributed by atoms with Crippen LogP contribution in [0.3, 0.4) is 0 Å². The fourth-order valence-electron chi connectivity index (χ4n) is 3.79. The number of hydrogen-bond acceptors (Lipinski definition) is 4.